The highest BCUT2D eigenvalue weighted by molar-refractivity contribution is 9.10. The fourth-order valence-corrected chi connectivity index (χ4v) is 2.60. The third kappa shape index (κ3) is 2.59. The summed E-state index contributed by atoms with van der Waals surface area (Å²) in [5, 5.41) is 0. The molecule has 1 aromatic heterocycles. The van der Waals surface area contributed by atoms with Crippen LogP contribution in [0.25, 0.3) is 11.3 Å². The Bertz CT molecular complexity index is 641. The average molecular weight is 340 g/mol. The number of nitrogen functional groups attached to an aromatic ring is 1. The molecular formula is C15H19BrFN3. The van der Waals surface area contributed by atoms with E-state index in [9.17, 15) is 4.39 Å². The largest absolute Gasteiger partial charge is 0.383 e. The van der Waals surface area contributed by atoms with Crippen LogP contribution in [0.4, 0.5) is 10.2 Å². The van der Waals surface area contributed by atoms with Crippen LogP contribution in [0.2, 0.25) is 0 Å². The van der Waals surface area contributed by atoms with Crippen molar-refractivity contribution in [1.82, 2.24) is 9.55 Å². The van der Waals surface area contributed by atoms with Crippen molar-refractivity contribution in [2.24, 2.45) is 0 Å². The molecule has 108 valence electrons. The summed E-state index contributed by atoms with van der Waals surface area (Å²) in [5.41, 5.74) is 6.97. The number of imidazole rings is 1. The first-order valence-electron chi connectivity index (χ1n) is 6.57. The Morgan fingerprint density at radius 1 is 1.35 bits per heavy atom. The Kier molecular flexibility index (Phi) is 3.91. The van der Waals surface area contributed by atoms with Gasteiger partial charge < -0.3 is 10.3 Å². The quantitative estimate of drug-likeness (QED) is 0.883. The van der Waals surface area contributed by atoms with Crippen molar-refractivity contribution >= 4 is 21.7 Å². The lowest BCUT2D eigenvalue weighted by Gasteiger charge is -2.19. The van der Waals surface area contributed by atoms with Crippen molar-refractivity contribution in [2.75, 3.05) is 5.73 Å². The number of nitrogens with two attached hydrogens (primary N) is 1. The van der Waals surface area contributed by atoms with Gasteiger partial charge in [-0.25, -0.2) is 9.37 Å². The smallest absolute Gasteiger partial charge is 0.132 e. The molecule has 1 heterocycles. The van der Waals surface area contributed by atoms with Crippen molar-refractivity contribution in [2.45, 2.75) is 39.7 Å². The highest BCUT2D eigenvalue weighted by Crippen LogP contribution is 2.34. The molecule has 0 spiro atoms. The molecule has 20 heavy (non-hydrogen) atoms. The van der Waals surface area contributed by atoms with Crippen molar-refractivity contribution in [1.29, 1.82) is 0 Å². The van der Waals surface area contributed by atoms with Crippen LogP contribution in [0.5, 0.6) is 0 Å². The maximum atomic E-state index is 14.1. The maximum absolute atomic E-state index is 14.1. The van der Waals surface area contributed by atoms with E-state index in [-0.39, 0.29) is 11.2 Å². The predicted molar refractivity (Wildman–Crippen MR) is 84.1 cm³/mol. The van der Waals surface area contributed by atoms with Gasteiger partial charge in [-0.05, 0) is 25.1 Å². The molecule has 0 unspecified atom stereocenters. The molecule has 2 aromatic rings. The number of anilines is 1. The molecule has 0 atom stereocenters. The van der Waals surface area contributed by atoms with Gasteiger partial charge in [-0.3, -0.25) is 0 Å². The second-order valence-corrected chi connectivity index (χ2v) is 6.70. The number of aromatic nitrogens is 2. The second-order valence-electron chi connectivity index (χ2n) is 5.79. The van der Waals surface area contributed by atoms with Crippen LogP contribution in [-0.4, -0.2) is 9.55 Å². The van der Waals surface area contributed by atoms with E-state index in [4.69, 9.17) is 5.73 Å². The minimum Gasteiger partial charge on any atom is -0.383 e. The van der Waals surface area contributed by atoms with E-state index in [2.05, 4.69) is 41.7 Å². The Morgan fingerprint density at radius 3 is 2.50 bits per heavy atom. The highest BCUT2D eigenvalue weighted by atomic mass is 79.9. The summed E-state index contributed by atoms with van der Waals surface area (Å²) in [4.78, 5) is 4.60. The van der Waals surface area contributed by atoms with Gasteiger partial charge in [0.05, 0.1) is 0 Å². The zero-order valence-electron chi connectivity index (χ0n) is 12.2. The fourth-order valence-electron chi connectivity index (χ4n) is 2.24. The lowest BCUT2D eigenvalue weighted by molar-refractivity contribution is 0.508. The van der Waals surface area contributed by atoms with Crippen molar-refractivity contribution in [3.05, 3.63) is 34.3 Å². The number of nitrogens with zero attached hydrogens (tertiary/aromatic N) is 2. The zero-order chi connectivity index (χ0) is 15.1. The second kappa shape index (κ2) is 5.20. The van der Waals surface area contributed by atoms with E-state index in [1.165, 1.54) is 6.07 Å². The molecule has 3 nitrogen and oxygen atoms in total. The van der Waals surface area contributed by atoms with Gasteiger partial charge in [0.15, 0.2) is 0 Å². The molecule has 0 saturated heterocycles. The van der Waals surface area contributed by atoms with Crippen LogP contribution in [0.3, 0.4) is 0 Å². The number of hydrogen-bond donors (Lipinski definition) is 1. The van der Waals surface area contributed by atoms with Gasteiger partial charge in [0, 0.05) is 22.0 Å². The number of halogens is 2. The Labute approximate surface area is 127 Å². The van der Waals surface area contributed by atoms with E-state index in [1.54, 1.807) is 12.1 Å². The summed E-state index contributed by atoms with van der Waals surface area (Å²) in [5.74, 6) is 1.06. The summed E-state index contributed by atoms with van der Waals surface area (Å²) in [6.45, 7) is 8.93. The van der Waals surface area contributed by atoms with Gasteiger partial charge in [0.2, 0.25) is 0 Å². The van der Waals surface area contributed by atoms with Gasteiger partial charge in [-0.15, -0.1) is 0 Å². The first kappa shape index (κ1) is 15.0. The monoisotopic (exact) mass is 339 g/mol. The van der Waals surface area contributed by atoms with Crippen LogP contribution in [0.15, 0.2) is 22.7 Å². The molecule has 0 saturated carbocycles. The molecule has 5 heteroatoms. The first-order valence-corrected chi connectivity index (χ1v) is 7.37. The Balaban J connectivity index is 2.70. The normalized spacial score (nSPS) is 11.9. The van der Waals surface area contributed by atoms with E-state index in [0.29, 0.717) is 23.6 Å². The van der Waals surface area contributed by atoms with Crippen molar-refractivity contribution in [3.63, 3.8) is 0 Å². The van der Waals surface area contributed by atoms with Crippen LogP contribution < -0.4 is 5.73 Å². The molecular weight excluding hydrogens is 321 g/mol. The molecule has 0 aliphatic rings. The maximum Gasteiger partial charge on any atom is 0.132 e. The summed E-state index contributed by atoms with van der Waals surface area (Å²) >= 11 is 3.36. The van der Waals surface area contributed by atoms with Crippen LogP contribution in [-0.2, 0) is 12.0 Å². The molecule has 2 rings (SSSR count). The van der Waals surface area contributed by atoms with Gasteiger partial charge in [-0.1, -0.05) is 36.7 Å². The minimum atomic E-state index is -0.318. The van der Waals surface area contributed by atoms with Crippen molar-refractivity contribution in [3.8, 4) is 11.3 Å². The zero-order valence-corrected chi connectivity index (χ0v) is 13.8. The first-order chi connectivity index (χ1) is 9.25. The average Bonchev–Trinajstić information content (AvgIpc) is 2.69. The SMILES string of the molecule is CCn1c(C(C)(C)C)nc(-c2cc(Br)ccc2F)c1N. The van der Waals surface area contributed by atoms with Gasteiger partial charge in [-0.2, -0.15) is 0 Å². The number of hydrogen-bond acceptors (Lipinski definition) is 2. The number of benzene rings is 1. The number of rotatable bonds is 2. The molecule has 0 fully saturated rings. The Hall–Kier alpha value is -1.36. The van der Waals surface area contributed by atoms with Gasteiger partial charge in [0.25, 0.3) is 0 Å². The van der Waals surface area contributed by atoms with Crippen LogP contribution in [0, 0.1) is 5.82 Å². The Morgan fingerprint density at radius 2 is 2.00 bits per heavy atom. The molecule has 0 aliphatic heterocycles. The lowest BCUT2D eigenvalue weighted by atomic mass is 9.95. The van der Waals surface area contributed by atoms with E-state index in [1.807, 2.05) is 11.5 Å². The third-order valence-electron chi connectivity index (χ3n) is 3.18. The topological polar surface area (TPSA) is 43.8 Å². The summed E-state index contributed by atoms with van der Waals surface area (Å²) in [7, 11) is 0. The van der Waals surface area contributed by atoms with Crippen molar-refractivity contribution < 1.29 is 4.39 Å². The minimum absolute atomic E-state index is 0.148. The van der Waals surface area contributed by atoms with E-state index < -0.39 is 0 Å². The van der Waals surface area contributed by atoms with Crippen LogP contribution >= 0.6 is 15.9 Å². The molecule has 0 radical (unpaired) electrons. The lowest BCUT2D eigenvalue weighted by Crippen LogP contribution is -2.19. The summed E-state index contributed by atoms with van der Waals surface area (Å²) < 4.78 is 16.8. The van der Waals surface area contributed by atoms with Crippen LogP contribution in [0.1, 0.15) is 33.5 Å². The summed E-state index contributed by atoms with van der Waals surface area (Å²) in [6.07, 6.45) is 0. The van der Waals surface area contributed by atoms with Gasteiger partial charge in [0.1, 0.15) is 23.2 Å². The van der Waals surface area contributed by atoms with Gasteiger partial charge >= 0.3 is 0 Å². The molecule has 0 bridgehead atoms. The van der Waals surface area contributed by atoms with E-state index >= 15 is 0 Å². The van der Waals surface area contributed by atoms with E-state index in [0.717, 1.165) is 10.3 Å². The molecule has 0 aliphatic carbocycles. The standard InChI is InChI=1S/C15H19BrFN3/c1-5-20-13(18)12(19-14(20)15(2,3)4)10-8-9(16)6-7-11(10)17/h6-8H,5,18H2,1-4H3. The fraction of sp³-hybridized carbons (Fsp3) is 0.400. The molecule has 2 N–H and O–H groups in total. The summed E-state index contributed by atoms with van der Waals surface area (Å²) in [6, 6.07) is 4.79. The third-order valence-corrected chi connectivity index (χ3v) is 3.67. The molecule has 0 amide bonds. The highest BCUT2D eigenvalue weighted by Gasteiger charge is 2.25. The molecule has 1 aromatic carbocycles. The predicted octanol–water partition coefficient (Wildman–Crippen LogP) is 4.35.